The number of hydrogen-bond donors (Lipinski definition) is 0. The summed E-state index contributed by atoms with van der Waals surface area (Å²) in [7, 11) is 0. The molecule has 0 aromatic carbocycles. The molecule has 0 heterocycles. The molecule has 0 atom stereocenters. The summed E-state index contributed by atoms with van der Waals surface area (Å²) >= 11 is 0. The van der Waals surface area contributed by atoms with Crippen molar-refractivity contribution in [3.8, 4) is 0 Å². The lowest BCUT2D eigenvalue weighted by atomic mass is 10.3. The van der Waals surface area contributed by atoms with Crippen LogP contribution in [0.15, 0.2) is 0 Å². The zero-order valence-electron chi connectivity index (χ0n) is 11.8. The van der Waals surface area contributed by atoms with Gasteiger partial charge in [-0.1, -0.05) is 60.3 Å². The van der Waals surface area contributed by atoms with Crippen molar-refractivity contribution in [1.82, 2.24) is 4.90 Å². The average molecular weight is 215 g/mol. The van der Waals surface area contributed by atoms with Gasteiger partial charge in [-0.05, 0) is 32.5 Å². The Kier molecular flexibility index (Phi) is 19.0. The third-order valence-electron chi connectivity index (χ3n) is 2.52. The Balaban J connectivity index is 0. The molecular weight excluding hydrogens is 182 g/mol. The van der Waals surface area contributed by atoms with E-state index in [1.165, 1.54) is 58.2 Å². The molecule has 94 valence electrons. The highest BCUT2D eigenvalue weighted by atomic mass is 15.1. The number of unbranched alkanes of at least 4 members (excludes halogenated alkanes) is 3. The van der Waals surface area contributed by atoms with E-state index in [-0.39, 0.29) is 0 Å². The normalized spacial score (nSPS) is 10.0. The first-order valence-electron chi connectivity index (χ1n) is 6.98. The molecule has 0 N–H and O–H groups in total. The third-order valence-corrected chi connectivity index (χ3v) is 2.52. The quantitative estimate of drug-likeness (QED) is 0.566. The van der Waals surface area contributed by atoms with Crippen LogP contribution in [0.5, 0.6) is 0 Å². The maximum absolute atomic E-state index is 2.52. The summed E-state index contributed by atoms with van der Waals surface area (Å²) in [5.41, 5.74) is 0. The first-order valence-corrected chi connectivity index (χ1v) is 6.98. The van der Waals surface area contributed by atoms with E-state index in [2.05, 4.69) is 39.5 Å². The molecule has 0 saturated heterocycles. The maximum Gasteiger partial charge on any atom is -0.00190 e. The number of nitrogens with zero attached hydrogens (tertiary/aromatic N) is 1. The Morgan fingerprint density at radius 3 is 1.40 bits per heavy atom. The van der Waals surface area contributed by atoms with Crippen LogP contribution < -0.4 is 0 Å². The Bertz CT molecular complexity index is 89.3. The first-order chi connectivity index (χ1) is 7.26. The van der Waals surface area contributed by atoms with Gasteiger partial charge in [0.05, 0.1) is 0 Å². The number of hydrogen-bond acceptors (Lipinski definition) is 1. The van der Waals surface area contributed by atoms with Crippen molar-refractivity contribution in [1.29, 1.82) is 0 Å². The van der Waals surface area contributed by atoms with Crippen LogP contribution in [0.2, 0.25) is 0 Å². The van der Waals surface area contributed by atoms with Crippen LogP contribution >= 0.6 is 0 Å². The summed E-state index contributed by atoms with van der Waals surface area (Å²) in [4.78, 5) is 2.52. The van der Waals surface area contributed by atoms with Gasteiger partial charge in [-0.2, -0.15) is 0 Å². The molecule has 0 spiro atoms. The van der Waals surface area contributed by atoms with Gasteiger partial charge in [0.25, 0.3) is 0 Å². The minimum Gasteiger partial charge on any atom is -0.304 e. The predicted molar refractivity (Wildman–Crippen MR) is 72.5 cm³/mol. The highest BCUT2D eigenvalue weighted by Gasteiger charge is 1.97. The molecule has 0 radical (unpaired) electrons. The van der Waals surface area contributed by atoms with Gasteiger partial charge in [-0.25, -0.2) is 0 Å². The van der Waals surface area contributed by atoms with Crippen molar-refractivity contribution >= 4 is 0 Å². The van der Waals surface area contributed by atoms with E-state index in [9.17, 15) is 0 Å². The fourth-order valence-corrected chi connectivity index (χ4v) is 1.48. The molecule has 0 unspecified atom stereocenters. The Morgan fingerprint density at radius 2 is 1.13 bits per heavy atom. The molecule has 0 amide bonds. The lowest BCUT2D eigenvalue weighted by Gasteiger charge is -2.18. The van der Waals surface area contributed by atoms with E-state index in [1.807, 2.05) is 0 Å². The van der Waals surface area contributed by atoms with Crippen LogP contribution in [0.25, 0.3) is 0 Å². The van der Waals surface area contributed by atoms with Crippen LogP contribution in [-0.2, 0) is 0 Å². The summed E-state index contributed by atoms with van der Waals surface area (Å²) in [5, 5.41) is 0. The molecule has 0 rings (SSSR count). The van der Waals surface area contributed by atoms with Gasteiger partial charge in [-0.15, -0.1) is 0 Å². The monoisotopic (exact) mass is 215 g/mol. The Labute approximate surface area is 98.2 Å². The summed E-state index contributed by atoms with van der Waals surface area (Å²) < 4.78 is 0. The molecule has 0 fully saturated rings. The minimum absolute atomic E-state index is 1.22. The molecule has 1 nitrogen and oxygen atoms in total. The largest absolute Gasteiger partial charge is 0.304 e. The standard InChI is InChI=1S/C9H21N.C5H12/c1-4-7-9-10(6-3)8-5-2;1-3-5-4-2/h4-9H2,1-3H3;3-5H2,1-2H3. The molecule has 0 aromatic rings. The second-order valence-electron chi connectivity index (χ2n) is 4.14. The molecule has 15 heavy (non-hydrogen) atoms. The van der Waals surface area contributed by atoms with Crippen molar-refractivity contribution in [3.05, 3.63) is 0 Å². The molecule has 0 aliphatic rings. The van der Waals surface area contributed by atoms with Crippen LogP contribution in [0.3, 0.4) is 0 Å². The Morgan fingerprint density at radius 1 is 0.600 bits per heavy atom. The highest BCUT2D eigenvalue weighted by Crippen LogP contribution is 1.95. The van der Waals surface area contributed by atoms with Crippen molar-refractivity contribution < 1.29 is 0 Å². The lowest BCUT2D eigenvalue weighted by Crippen LogP contribution is -2.25. The van der Waals surface area contributed by atoms with Gasteiger partial charge in [0.2, 0.25) is 0 Å². The van der Waals surface area contributed by atoms with Crippen LogP contribution in [0, 0.1) is 0 Å². The summed E-state index contributed by atoms with van der Waals surface area (Å²) in [6.45, 7) is 14.9. The smallest absolute Gasteiger partial charge is 0.00190 e. The summed E-state index contributed by atoms with van der Waals surface area (Å²) in [5.74, 6) is 0. The molecular formula is C14H33N. The summed E-state index contributed by atoms with van der Waals surface area (Å²) in [6.07, 6.45) is 8.04. The predicted octanol–water partition coefficient (Wildman–Crippen LogP) is 4.71. The van der Waals surface area contributed by atoms with E-state index in [0.717, 1.165) is 0 Å². The molecule has 0 bridgehead atoms. The van der Waals surface area contributed by atoms with E-state index in [0.29, 0.717) is 0 Å². The van der Waals surface area contributed by atoms with E-state index in [4.69, 9.17) is 0 Å². The van der Waals surface area contributed by atoms with Gasteiger partial charge in [0, 0.05) is 0 Å². The van der Waals surface area contributed by atoms with E-state index < -0.39 is 0 Å². The molecule has 1 heteroatoms. The van der Waals surface area contributed by atoms with E-state index in [1.54, 1.807) is 0 Å². The third kappa shape index (κ3) is 16.6. The first kappa shape index (κ1) is 17.4. The molecule has 0 aromatic heterocycles. The minimum atomic E-state index is 1.22. The number of rotatable bonds is 8. The molecule has 0 aliphatic carbocycles. The topological polar surface area (TPSA) is 3.24 Å². The van der Waals surface area contributed by atoms with Gasteiger partial charge in [-0.3, -0.25) is 0 Å². The highest BCUT2D eigenvalue weighted by molar-refractivity contribution is 4.52. The van der Waals surface area contributed by atoms with Crippen molar-refractivity contribution in [2.24, 2.45) is 0 Å². The van der Waals surface area contributed by atoms with Gasteiger partial charge < -0.3 is 4.90 Å². The average Bonchev–Trinajstić information content (AvgIpc) is 2.26. The lowest BCUT2D eigenvalue weighted by molar-refractivity contribution is 0.284. The SMILES string of the molecule is CCCCC.CCCCN(CC)CCC. The Hall–Kier alpha value is -0.0400. The second-order valence-corrected chi connectivity index (χ2v) is 4.14. The van der Waals surface area contributed by atoms with Crippen molar-refractivity contribution in [2.45, 2.75) is 73.1 Å². The van der Waals surface area contributed by atoms with Gasteiger partial charge in [0.1, 0.15) is 0 Å². The zero-order valence-corrected chi connectivity index (χ0v) is 11.8. The van der Waals surface area contributed by atoms with Gasteiger partial charge in [0.15, 0.2) is 0 Å². The second kappa shape index (κ2) is 16.4. The van der Waals surface area contributed by atoms with Crippen LogP contribution in [0.4, 0.5) is 0 Å². The molecule has 0 saturated carbocycles. The van der Waals surface area contributed by atoms with Crippen molar-refractivity contribution in [2.75, 3.05) is 19.6 Å². The zero-order chi connectivity index (χ0) is 11.9. The summed E-state index contributed by atoms with van der Waals surface area (Å²) in [6, 6.07) is 0. The fourth-order valence-electron chi connectivity index (χ4n) is 1.48. The fraction of sp³-hybridized carbons (Fsp3) is 1.00. The van der Waals surface area contributed by atoms with Crippen LogP contribution in [0.1, 0.15) is 73.1 Å². The van der Waals surface area contributed by atoms with Gasteiger partial charge >= 0.3 is 0 Å². The van der Waals surface area contributed by atoms with Crippen molar-refractivity contribution in [3.63, 3.8) is 0 Å². The molecule has 0 aliphatic heterocycles. The maximum atomic E-state index is 2.52. The van der Waals surface area contributed by atoms with Crippen LogP contribution in [-0.4, -0.2) is 24.5 Å². The van der Waals surface area contributed by atoms with E-state index >= 15 is 0 Å².